The fourth-order valence-corrected chi connectivity index (χ4v) is 2.37. The van der Waals surface area contributed by atoms with Crippen molar-refractivity contribution < 1.29 is 19.2 Å². The Labute approximate surface area is 157 Å². The molecule has 0 aliphatic heterocycles. The largest absolute Gasteiger partial charge is 0.493 e. The Kier molecular flexibility index (Phi) is 6.67. The number of nitrogens with zero attached hydrogens (tertiary/aromatic N) is 1. The molecule has 0 radical (unpaired) electrons. The summed E-state index contributed by atoms with van der Waals surface area (Å²) in [6.45, 7) is 2.40. The maximum Gasteiger partial charge on any atom is 0.273 e. The monoisotopic (exact) mass is 421 g/mol. The molecule has 0 aliphatic carbocycles. The average Bonchev–Trinajstić information content (AvgIpc) is 2.64. The van der Waals surface area contributed by atoms with Gasteiger partial charge in [0.25, 0.3) is 17.5 Å². The number of hydrazine groups is 1. The SMILES string of the molecule is CCCOc1ccc(Br)cc1C(=O)NNC(=O)c1ccc([N+](=O)[O-])cc1. The number of ether oxygens (including phenoxy) is 1. The summed E-state index contributed by atoms with van der Waals surface area (Å²) < 4.78 is 6.22. The molecule has 136 valence electrons. The van der Waals surface area contributed by atoms with Crippen LogP contribution in [0.5, 0.6) is 5.75 Å². The topological polar surface area (TPSA) is 111 Å². The zero-order valence-electron chi connectivity index (χ0n) is 13.8. The summed E-state index contributed by atoms with van der Waals surface area (Å²) in [7, 11) is 0. The third-order valence-electron chi connectivity index (χ3n) is 3.28. The summed E-state index contributed by atoms with van der Waals surface area (Å²) in [5, 5.41) is 10.6. The Morgan fingerprint density at radius 1 is 1.12 bits per heavy atom. The van der Waals surface area contributed by atoms with Crippen LogP contribution in [0, 0.1) is 10.1 Å². The van der Waals surface area contributed by atoms with Gasteiger partial charge in [0.2, 0.25) is 0 Å². The number of nitro benzene ring substituents is 1. The van der Waals surface area contributed by atoms with Crippen LogP contribution >= 0.6 is 15.9 Å². The van der Waals surface area contributed by atoms with Gasteiger partial charge in [-0.1, -0.05) is 22.9 Å². The molecule has 2 aromatic rings. The number of hydrogen-bond donors (Lipinski definition) is 2. The van der Waals surface area contributed by atoms with E-state index in [0.717, 1.165) is 6.42 Å². The van der Waals surface area contributed by atoms with Crippen LogP contribution in [0.3, 0.4) is 0 Å². The second-order valence-corrected chi connectivity index (χ2v) is 6.12. The highest BCUT2D eigenvalue weighted by Crippen LogP contribution is 2.23. The van der Waals surface area contributed by atoms with E-state index in [9.17, 15) is 19.7 Å². The zero-order chi connectivity index (χ0) is 19.1. The van der Waals surface area contributed by atoms with Crippen LogP contribution < -0.4 is 15.6 Å². The molecule has 0 bridgehead atoms. The highest BCUT2D eigenvalue weighted by atomic mass is 79.9. The predicted octanol–water partition coefficient (Wildman–Crippen LogP) is 3.22. The summed E-state index contributed by atoms with van der Waals surface area (Å²) in [6, 6.07) is 10.0. The van der Waals surface area contributed by atoms with Crippen LogP contribution in [0.4, 0.5) is 5.69 Å². The van der Waals surface area contributed by atoms with Crippen LogP contribution in [0.25, 0.3) is 0 Å². The minimum atomic E-state index is -0.598. The molecule has 0 aromatic heterocycles. The Morgan fingerprint density at radius 3 is 2.38 bits per heavy atom. The number of nitro groups is 1. The molecule has 2 aromatic carbocycles. The lowest BCUT2D eigenvalue weighted by Gasteiger charge is -2.12. The van der Waals surface area contributed by atoms with E-state index in [-0.39, 0.29) is 16.8 Å². The number of nitrogens with one attached hydrogen (secondary N) is 2. The number of halogens is 1. The van der Waals surface area contributed by atoms with Crippen molar-refractivity contribution in [1.29, 1.82) is 0 Å². The molecule has 0 atom stereocenters. The van der Waals surface area contributed by atoms with Crippen LogP contribution in [0.1, 0.15) is 34.1 Å². The molecule has 0 aliphatic rings. The van der Waals surface area contributed by atoms with E-state index in [2.05, 4.69) is 26.8 Å². The number of amides is 2. The molecule has 0 spiro atoms. The van der Waals surface area contributed by atoms with E-state index in [1.807, 2.05) is 6.92 Å². The minimum Gasteiger partial charge on any atom is -0.493 e. The van der Waals surface area contributed by atoms with Gasteiger partial charge in [0.1, 0.15) is 5.75 Å². The van der Waals surface area contributed by atoms with Gasteiger partial charge in [-0.05, 0) is 36.8 Å². The maximum atomic E-state index is 12.3. The molecular formula is C17H16BrN3O5. The summed E-state index contributed by atoms with van der Waals surface area (Å²) in [4.78, 5) is 34.5. The molecular weight excluding hydrogens is 406 g/mol. The van der Waals surface area contributed by atoms with E-state index in [4.69, 9.17) is 4.74 Å². The van der Waals surface area contributed by atoms with Gasteiger partial charge >= 0.3 is 0 Å². The van der Waals surface area contributed by atoms with Gasteiger partial charge in [-0.15, -0.1) is 0 Å². The van der Waals surface area contributed by atoms with Gasteiger partial charge in [-0.25, -0.2) is 0 Å². The number of hydrogen-bond acceptors (Lipinski definition) is 5. The Hall–Kier alpha value is -2.94. The van der Waals surface area contributed by atoms with Gasteiger partial charge < -0.3 is 4.74 Å². The van der Waals surface area contributed by atoms with Crippen molar-refractivity contribution >= 4 is 33.4 Å². The van der Waals surface area contributed by atoms with E-state index < -0.39 is 16.7 Å². The van der Waals surface area contributed by atoms with Gasteiger partial charge in [-0.3, -0.25) is 30.6 Å². The van der Waals surface area contributed by atoms with Crippen molar-refractivity contribution in [3.63, 3.8) is 0 Å². The molecule has 9 heteroatoms. The third kappa shape index (κ3) is 5.03. The quantitative estimate of drug-likeness (QED) is 0.549. The van der Waals surface area contributed by atoms with E-state index in [1.54, 1.807) is 18.2 Å². The maximum absolute atomic E-state index is 12.3. The molecule has 8 nitrogen and oxygen atoms in total. The smallest absolute Gasteiger partial charge is 0.273 e. The first-order valence-electron chi connectivity index (χ1n) is 7.70. The van der Waals surface area contributed by atoms with Crippen molar-refractivity contribution in [3.8, 4) is 5.75 Å². The van der Waals surface area contributed by atoms with Gasteiger partial charge in [0.15, 0.2) is 0 Å². The van der Waals surface area contributed by atoms with Gasteiger partial charge in [0.05, 0.1) is 17.1 Å². The fourth-order valence-electron chi connectivity index (χ4n) is 2.01. The molecule has 0 heterocycles. The molecule has 0 unspecified atom stereocenters. The minimum absolute atomic E-state index is 0.127. The fraction of sp³-hybridized carbons (Fsp3) is 0.176. The summed E-state index contributed by atoms with van der Waals surface area (Å²) in [5.41, 5.74) is 4.88. The van der Waals surface area contributed by atoms with Gasteiger partial charge in [0, 0.05) is 22.2 Å². The predicted molar refractivity (Wildman–Crippen MR) is 98.0 cm³/mol. The van der Waals surface area contributed by atoms with E-state index in [0.29, 0.717) is 16.8 Å². The second kappa shape index (κ2) is 8.95. The van der Waals surface area contributed by atoms with Crippen molar-refractivity contribution in [2.24, 2.45) is 0 Å². The number of carbonyl (C=O) groups excluding carboxylic acids is 2. The van der Waals surface area contributed by atoms with Crippen molar-refractivity contribution in [3.05, 3.63) is 68.2 Å². The van der Waals surface area contributed by atoms with Crippen molar-refractivity contribution in [2.75, 3.05) is 6.61 Å². The molecule has 2 rings (SSSR count). The number of carbonyl (C=O) groups is 2. The van der Waals surface area contributed by atoms with Crippen LogP contribution in [0.15, 0.2) is 46.9 Å². The van der Waals surface area contributed by atoms with Crippen molar-refractivity contribution in [1.82, 2.24) is 10.9 Å². The molecule has 26 heavy (non-hydrogen) atoms. The third-order valence-corrected chi connectivity index (χ3v) is 3.77. The Bertz CT molecular complexity index is 824. The molecule has 0 saturated heterocycles. The highest BCUT2D eigenvalue weighted by Gasteiger charge is 2.15. The molecule has 0 saturated carbocycles. The zero-order valence-corrected chi connectivity index (χ0v) is 15.4. The molecule has 2 amide bonds. The van der Waals surface area contributed by atoms with Crippen LogP contribution in [-0.4, -0.2) is 23.3 Å². The van der Waals surface area contributed by atoms with Crippen molar-refractivity contribution in [2.45, 2.75) is 13.3 Å². The Morgan fingerprint density at radius 2 is 1.77 bits per heavy atom. The first-order chi connectivity index (χ1) is 12.4. The lowest BCUT2D eigenvalue weighted by atomic mass is 10.2. The summed E-state index contributed by atoms with van der Waals surface area (Å²) >= 11 is 3.29. The van der Waals surface area contributed by atoms with E-state index in [1.165, 1.54) is 24.3 Å². The van der Waals surface area contributed by atoms with Crippen LogP contribution in [0.2, 0.25) is 0 Å². The van der Waals surface area contributed by atoms with E-state index >= 15 is 0 Å². The molecule has 0 fully saturated rings. The Balaban J connectivity index is 2.04. The van der Waals surface area contributed by atoms with Gasteiger partial charge in [-0.2, -0.15) is 0 Å². The highest BCUT2D eigenvalue weighted by molar-refractivity contribution is 9.10. The lowest BCUT2D eigenvalue weighted by Crippen LogP contribution is -2.41. The first-order valence-corrected chi connectivity index (χ1v) is 8.49. The summed E-state index contributed by atoms with van der Waals surface area (Å²) in [6.07, 6.45) is 0.786. The second-order valence-electron chi connectivity index (χ2n) is 5.20. The lowest BCUT2D eigenvalue weighted by molar-refractivity contribution is -0.384. The normalized spacial score (nSPS) is 10.1. The first kappa shape index (κ1) is 19.4. The molecule has 2 N–H and O–H groups in total. The number of non-ortho nitro benzene ring substituents is 1. The standard InChI is InChI=1S/C17H16BrN3O5/c1-2-9-26-15-8-5-12(18)10-14(15)17(23)20-19-16(22)11-3-6-13(7-4-11)21(24)25/h3-8,10H,2,9H2,1H3,(H,19,22)(H,20,23). The number of benzene rings is 2. The van der Waals surface area contributed by atoms with Crippen LogP contribution in [-0.2, 0) is 0 Å². The number of rotatable bonds is 6. The average molecular weight is 422 g/mol. The summed E-state index contributed by atoms with van der Waals surface area (Å²) in [5.74, 6) is -0.746.